The lowest BCUT2D eigenvalue weighted by molar-refractivity contribution is -0.115. The smallest absolute Gasteiger partial charge is 0.229 e. The number of para-hydroxylation sites is 2. The first-order valence-corrected chi connectivity index (χ1v) is 8.19. The van der Waals surface area contributed by atoms with E-state index in [0.29, 0.717) is 17.2 Å². The first-order chi connectivity index (χ1) is 12.6. The van der Waals surface area contributed by atoms with Gasteiger partial charge in [-0.15, -0.1) is 0 Å². The van der Waals surface area contributed by atoms with E-state index in [1.165, 1.54) is 23.0 Å². The van der Waals surface area contributed by atoms with Gasteiger partial charge in [-0.2, -0.15) is 5.10 Å². The molecular weight excluding hydrogens is 357 g/mol. The van der Waals surface area contributed by atoms with Gasteiger partial charge in [0.05, 0.1) is 35.5 Å². The number of rotatable bonds is 4. The van der Waals surface area contributed by atoms with Crippen molar-refractivity contribution in [1.29, 1.82) is 0 Å². The van der Waals surface area contributed by atoms with Crippen molar-refractivity contribution in [3.63, 3.8) is 0 Å². The second-order valence-corrected chi connectivity index (χ2v) is 6.19. The predicted molar refractivity (Wildman–Crippen MR) is 97.0 cm³/mol. The van der Waals surface area contributed by atoms with Gasteiger partial charge in [0.2, 0.25) is 11.9 Å². The molecule has 2 aromatic heterocycles. The van der Waals surface area contributed by atoms with Gasteiger partial charge in [0.1, 0.15) is 5.82 Å². The van der Waals surface area contributed by atoms with Crippen LogP contribution in [0.4, 0.5) is 10.1 Å². The predicted octanol–water partition coefficient (Wildman–Crippen LogP) is 3.72. The molecule has 0 saturated heterocycles. The zero-order chi connectivity index (χ0) is 18.1. The number of nitrogens with zero attached hydrogens (tertiary/aromatic N) is 3. The summed E-state index contributed by atoms with van der Waals surface area (Å²) in [6, 6.07) is 11.7. The van der Waals surface area contributed by atoms with E-state index in [1.807, 2.05) is 24.3 Å². The molecule has 2 aromatic carbocycles. The molecule has 0 bridgehead atoms. The van der Waals surface area contributed by atoms with Crippen LogP contribution < -0.4 is 5.32 Å². The number of nitrogens with one attached hydrogen (secondary N) is 2. The summed E-state index contributed by atoms with van der Waals surface area (Å²) in [5.74, 6) is -0.225. The zero-order valence-corrected chi connectivity index (χ0v) is 14.2. The van der Waals surface area contributed by atoms with Gasteiger partial charge in [0.15, 0.2) is 0 Å². The molecular formula is C18H13ClFN5O. The summed E-state index contributed by atoms with van der Waals surface area (Å²) >= 11 is 5.80. The molecule has 6 nitrogen and oxygen atoms in total. The van der Waals surface area contributed by atoms with Gasteiger partial charge < -0.3 is 10.3 Å². The Balaban J connectivity index is 1.48. The highest BCUT2D eigenvalue weighted by molar-refractivity contribution is 6.30. The summed E-state index contributed by atoms with van der Waals surface area (Å²) in [5.41, 5.74) is 2.73. The molecule has 0 aliphatic heterocycles. The minimum absolute atomic E-state index is 0.00724. The van der Waals surface area contributed by atoms with Crippen molar-refractivity contribution in [3.05, 3.63) is 71.3 Å². The largest absolute Gasteiger partial charge is 0.323 e. The Labute approximate surface area is 152 Å². The molecule has 8 heteroatoms. The van der Waals surface area contributed by atoms with Gasteiger partial charge in [-0.25, -0.2) is 14.1 Å². The van der Waals surface area contributed by atoms with Crippen LogP contribution in [0.15, 0.2) is 54.9 Å². The molecule has 4 aromatic rings. The molecule has 26 heavy (non-hydrogen) atoms. The molecule has 1 amide bonds. The monoisotopic (exact) mass is 369 g/mol. The Bertz CT molecular complexity index is 1050. The fraction of sp³-hybridized carbons (Fsp3) is 0.0556. The highest BCUT2D eigenvalue weighted by Crippen LogP contribution is 2.17. The molecule has 2 N–H and O–H groups in total. The number of H-pyrrole nitrogens is 1. The Kier molecular flexibility index (Phi) is 4.14. The van der Waals surface area contributed by atoms with Gasteiger partial charge in [0, 0.05) is 5.02 Å². The molecule has 0 aliphatic carbocycles. The number of benzene rings is 2. The maximum absolute atomic E-state index is 13.3. The fourth-order valence-electron chi connectivity index (χ4n) is 2.65. The second kappa shape index (κ2) is 6.61. The van der Waals surface area contributed by atoms with Gasteiger partial charge in [-0.3, -0.25) is 4.79 Å². The quantitative estimate of drug-likeness (QED) is 0.575. The summed E-state index contributed by atoms with van der Waals surface area (Å²) in [6.07, 6.45) is 3.17. The summed E-state index contributed by atoms with van der Waals surface area (Å²) in [7, 11) is 0. The number of hydrogen-bond acceptors (Lipinski definition) is 3. The van der Waals surface area contributed by atoms with Crippen molar-refractivity contribution in [1.82, 2.24) is 19.7 Å². The van der Waals surface area contributed by atoms with Crippen LogP contribution in [0.1, 0.15) is 5.56 Å². The average Bonchev–Trinajstić information content (AvgIpc) is 3.19. The second-order valence-electron chi connectivity index (χ2n) is 5.75. The van der Waals surface area contributed by atoms with Crippen molar-refractivity contribution < 1.29 is 9.18 Å². The normalized spacial score (nSPS) is 11.0. The van der Waals surface area contributed by atoms with Crippen LogP contribution in [0.5, 0.6) is 0 Å². The minimum atomic E-state index is -0.474. The van der Waals surface area contributed by atoms with Gasteiger partial charge in [0.25, 0.3) is 0 Å². The van der Waals surface area contributed by atoms with Crippen LogP contribution in [0.25, 0.3) is 17.0 Å². The summed E-state index contributed by atoms with van der Waals surface area (Å²) in [6.45, 7) is 0. The maximum Gasteiger partial charge on any atom is 0.229 e. The lowest BCUT2D eigenvalue weighted by atomic mass is 10.1. The molecule has 0 unspecified atom stereocenters. The number of carbonyl (C=O) groups excluding carboxylic acids is 1. The number of aromatic amines is 1. The molecule has 130 valence electrons. The molecule has 0 saturated carbocycles. The van der Waals surface area contributed by atoms with Gasteiger partial charge in [-0.1, -0.05) is 23.7 Å². The number of amides is 1. The molecule has 0 radical (unpaired) electrons. The Morgan fingerprint density at radius 1 is 1.27 bits per heavy atom. The van der Waals surface area contributed by atoms with E-state index in [-0.39, 0.29) is 17.4 Å². The molecule has 0 atom stereocenters. The van der Waals surface area contributed by atoms with Crippen LogP contribution in [-0.2, 0) is 11.2 Å². The Morgan fingerprint density at radius 2 is 2.12 bits per heavy atom. The van der Waals surface area contributed by atoms with Crippen molar-refractivity contribution in [2.75, 3.05) is 5.32 Å². The van der Waals surface area contributed by atoms with E-state index in [9.17, 15) is 9.18 Å². The Morgan fingerprint density at radius 3 is 2.92 bits per heavy atom. The Hall–Kier alpha value is -3.19. The van der Waals surface area contributed by atoms with E-state index in [4.69, 9.17) is 11.6 Å². The summed E-state index contributed by atoms with van der Waals surface area (Å²) in [4.78, 5) is 19.7. The van der Waals surface area contributed by atoms with Crippen molar-refractivity contribution >= 4 is 34.2 Å². The third kappa shape index (κ3) is 3.43. The summed E-state index contributed by atoms with van der Waals surface area (Å²) in [5, 5.41) is 7.18. The molecule has 4 rings (SSSR count). The van der Waals surface area contributed by atoms with E-state index in [2.05, 4.69) is 20.4 Å². The number of carbonyl (C=O) groups is 1. The number of halogens is 2. The molecule has 2 heterocycles. The van der Waals surface area contributed by atoms with Crippen molar-refractivity contribution in [2.24, 2.45) is 0 Å². The van der Waals surface area contributed by atoms with Gasteiger partial charge in [-0.05, 0) is 35.9 Å². The van der Waals surface area contributed by atoms with Crippen LogP contribution >= 0.6 is 11.6 Å². The lowest BCUT2D eigenvalue weighted by Gasteiger charge is -2.03. The molecule has 0 fully saturated rings. The number of fused-ring (bicyclic) bond motifs is 1. The topological polar surface area (TPSA) is 75.6 Å². The average molecular weight is 370 g/mol. The number of hydrogen-bond donors (Lipinski definition) is 2. The third-order valence-corrected chi connectivity index (χ3v) is 3.97. The van der Waals surface area contributed by atoms with E-state index in [1.54, 1.807) is 12.3 Å². The molecule has 0 spiro atoms. The fourth-order valence-corrected chi connectivity index (χ4v) is 2.90. The van der Waals surface area contributed by atoms with Crippen molar-refractivity contribution in [2.45, 2.75) is 6.42 Å². The number of aromatic nitrogens is 4. The van der Waals surface area contributed by atoms with E-state index < -0.39 is 5.82 Å². The summed E-state index contributed by atoms with van der Waals surface area (Å²) < 4.78 is 14.9. The van der Waals surface area contributed by atoms with E-state index in [0.717, 1.165) is 11.0 Å². The van der Waals surface area contributed by atoms with Crippen LogP contribution in [0.3, 0.4) is 0 Å². The highest BCUT2D eigenvalue weighted by Gasteiger charge is 2.10. The SMILES string of the molecule is O=C(Cc1cc(F)cc(Cl)c1)Nc1cnn(-c2nc3ccccc3[nH]2)c1. The van der Waals surface area contributed by atoms with Crippen LogP contribution in [0, 0.1) is 5.82 Å². The first-order valence-electron chi connectivity index (χ1n) is 7.81. The lowest BCUT2D eigenvalue weighted by Crippen LogP contribution is -2.14. The van der Waals surface area contributed by atoms with Crippen molar-refractivity contribution in [3.8, 4) is 5.95 Å². The maximum atomic E-state index is 13.3. The third-order valence-electron chi connectivity index (χ3n) is 3.75. The number of anilines is 1. The van der Waals surface area contributed by atoms with E-state index >= 15 is 0 Å². The highest BCUT2D eigenvalue weighted by atomic mass is 35.5. The standard InChI is InChI=1S/C18H13ClFN5O/c19-12-5-11(6-13(20)8-12)7-17(26)22-14-9-21-25(10-14)18-23-15-3-1-2-4-16(15)24-18/h1-6,8-10H,7H2,(H,22,26)(H,23,24). The zero-order valence-electron chi connectivity index (χ0n) is 13.4. The van der Waals surface area contributed by atoms with Crippen LogP contribution in [-0.4, -0.2) is 25.7 Å². The first kappa shape index (κ1) is 16.3. The van der Waals surface area contributed by atoms with Gasteiger partial charge >= 0.3 is 0 Å². The minimum Gasteiger partial charge on any atom is -0.323 e. The number of imidazole rings is 1. The molecule has 0 aliphatic rings. The van der Waals surface area contributed by atoms with Crippen LogP contribution in [0.2, 0.25) is 5.02 Å².